The number of nitrogens with zero attached hydrogens (tertiary/aromatic N) is 2. The van der Waals surface area contributed by atoms with Crippen LogP contribution in [0.2, 0.25) is 0 Å². The van der Waals surface area contributed by atoms with Crippen LogP contribution < -0.4 is 15.4 Å². The molecule has 2 aromatic carbocycles. The van der Waals surface area contributed by atoms with Gasteiger partial charge in [0.25, 0.3) is 0 Å². The van der Waals surface area contributed by atoms with Gasteiger partial charge in [-0.1, -0.05) is 0 Å². The van der Waals surface area contributed by atoms with E-state index in [1.807, 2.05) is 13.8 Å². The molecule has 0 saturated carbocycles. The molecule has 0 bridgehead atoms. The molecule has 0 aliphatic carbocycles. The minimum Gasteiger partial charge on any atom is -0.475 e. The van der Waals surface area contributed by atoms with Crippen molar-refractivity contribution in [2.45, 2.75) is 20.0 Å². The highest BCUT2D eigenvalue weighted by Gasteiger charge is 2.09. The first-order valence-corrected chi connectivity index (χ1v) is 8.09. The Morgan fingerprint density at radius 2 is 1.35 bits per heavy atom. The molecule has 0 aliphatic heterocycles. The molecule has 0 spiro atoms. The van der Waals surface area contributed by atoms with Gasteiger partial charge in [-0.05, 0) is 62.4 Å². The summed E-state index contributed by atoms with van der Waals surface area (Å²) in [5.41, 5.74) is 1.31. The summed E-state index contributed by atoms with van der Waals surface area (Å²) in [6.45, 7) is 3.78. The Bertz CT molecular complexity index is 802. The van der Waals surface area contributed by atoms with E-state index in [2.05, 4.69) is 20.6 Å². The van der Waals surface area contributed by atoms with Crippen LogP contribution in [0, 0.1) is 11.6 Å². The Labute approximate surface area is 150 Å². The van der Waals surface area contributed by atoms with E-state index in [-0.39, 0.29) is 17.7 Å². The third kappa shape index (κ3) is 4.89. The zero-order valence-electron chi connectivity index (χ0n) is 14.3. The second-order valence-electron chi connectivity index (χ2n) is 5.85. The number of hydrogen-bond donors (Lipinski definition) is 2. The fourth-order valence-electron chi connectivity index (χ4n) is 2.19. The van der Waals surface area contributed by atoms with Crippen molar-refractivity contribution in [2.24, 2.45) is 0 Å². The summed E-state index contributed by atoms with van der Waals surface area (Å²) in [6.07, 6.45) is -0.0674. The molecule has 0 fully saturated rings. The number of ether oxygens (including phenoxy) is 1. The quantitative estimate of drug-likeness (QED) is 0.649. The van der Waals surface area contributed by atoms with E-state index < -0.39 is 0 Å². The monoisotopic (exact) mass is 356 g/mol. The fourth-order valence-corrected chi connectivity index (χ4v) is 2.19. The average molecular weight is 356 g/mol. The van der Waals surface area contributed by atoms with Gasteiger partial charge in [-0.3, -0.25) is 0 Å². The summed E-state index contributed by atoms with van der Waals surface area (Å²) in [7, 11) is 0. The molecular weight excluding hydrogens is 338 g/mol. The molecule has 0 atom stereocenters. The van der Waals surface area contributed by atoms with Gasteiger partial charge >= 0.3 is 0 Å². The van der Waals surface area contributed by atoms with Gasteiger partial charge < -0.3 is 15.4 Å². The first-order chi connectivity index (χ1) is 12.5. The van der Waals surface area contributed by atoms with Crippen LogP contribution in [-0.4, -0.2) is 16.1 Å². The molecule has 3 rings (SSSR count). The lowest BCUT2D eigenvalue weighted by atomic mass is 10.3. The van der Waals surface area contributed by atoms with Gasteiger partial charge in [0, 0.05) is 17.4 Å². The molecule has 134 valence electrons. The van der Waals surface area contributed by atoms with Crippen molar-refractivity contribution < 1.29 is 13.5 Å². The average Bonchev–Trinajstić information content (AvgIpc) is 2.58. The summed E-state index contributed by atoms with van der Waals surface area (Å²) in [5.74, 6) is 0.503. The molecular formula is C19H18F2N4O. The van der Waals surface area contributed by atoms with Crippen LogP contribution in [0.25, 0.3) is 0 Å². The molecule has 3 aromatic rings. The van der Waals surface area contributed by atoms with Crippen LogP contribution in [0.5, 0.6) is 5.88 Å². The zero-order chi connectivity index (χ0) is 18.5. The molecule has 2 N–H and O–H groups in total. The number of nitrogens with one attached hydrogen (secondary N) is 2. The van der Waals surface area contributed by atoms with E-state index in [0.717, 1.165) is 0 Å². The van der Waals surface area contributed by atoms with Crippen molar-refractivity contribution in [2.75, 3.05) is 10.6 Å². The minimum absolute atomic E-state index is 0.0674. The number of halogens is 2. The molecule has 0 saturated heterocycles. The number of anilines is 4. The van der Waals surface area contributed by atoms with Gasteiger partial charge in [0.2, 0.25) is 11.8 Å². The molecule has 0 unspecified atom stereocenters. The molecule has 0 radical (unpaired) electrons. The number of hydrogen-bond acceptors (Lipinski definition) is 5. The van der Waals surface area contributed by atoms with Gasteiger partial charge in [0.05, 0.1) is 6.10 Å². The van der Waals surface area contributed by atoms with Crippen LogP contribution >= 0.6 is 0 Å². The van der Waals surface area contributed by atoms with E-state index in [1.165, 1.54) is 24.3 Å². The number of aromatic nitrogens is 2. The zero-order valence-corrected chi connectivity index (χ0v) is 14.3. The molecule has 7 heteroatoms. The Hall–Kier alpha value is -3.22. The van der Waals surface area contributed by atoms with Gasteiger partial charge in [0.1, 0.15) is 17.5 Å². The third-order valence-electron chi connectivity index (χ3n) is 3.28. The highest BCUT2D eigenvalue weighted by molar-refractivity contribution is 5.60. The maximum absolute atomic E-state index is 13.1. The number of rotatable bonds is 6. The first-order valence-electron chi connectivity index (χ1n) is 8.09. The van der Waals surface area contributed by atoms with Crippen molar-refractivity contribution in [1.29, 1.82) is 0 Å². The lowest BCUT2D eigenvalue weighted by Gasteiger charge is -2.13. The summed E-state index contributed by atoms with van der Waals surface area (Å²) in [5, 5.41) is 6.09. The SMILES string of the molecule is CC(C)Oc1cc(Nc2ccc(F)cc2)nc(Nc2ccc(F)cc2)n1. The van der Waals surface area contributed by atoms with Crippen molar-refractivity contribution >= 4 is 23.1 Å². The van der Waals surface area contributed by atoms with Crippen LogP contribution in [-0.2, 0) is 0 Å². The molecule has 1 aromatic heterocycles. The number of benzene rings is 2. The third-order valence-corrected chi connectivity index (χ3v) is 3.28. The summed E-state index contributed by atoms with van der Waals surface area (Å²) >= 11 is 0. The Morgan fingerprint density at radius 3 is 1.88 bits per heavy atom. The van der Waals surface area contributed by atoms with E-state index in [1.54, 1.807) is 30.3 Å². The van der Waals surface area contributed by atoms with Crippen molar-refractivity contribution in [3.63, 3.8) is 0 Å². The topological polar surface area (TPSA) is 59.1 Å². The largest absolute Gasteiger partial charge is 0.475 e. The van der Waals surface area contributed by atoms with Crippen molar-refractivity contribution in [3.05, 3.63) is 66.2 Å². The second-order valence-corrected chi connectivity index (χ2v) is 5.85. The van der Waals surface area contributed by atoms with E-state index >= 15 is 0 Å². The Morgan fingerprint density at radius 1 is 0.808 bits per heavy atom. The van der Waals surface area contributed by atoms with Crippen LogP contribution in [0.1, 0.15) is 13.8 Å². The maximum atomic E-state index is 13.1. The van der Waals surface area contributed by atoms with Gasteiger partial charge in [-0.2, -0.15) is 9.97 Å². The highest BCUT2D eigenvalue weighted by Crippen LogP contribution is 2.23. The van der Waals surface area contributed by atoms with E-state index in [0.29, 0.717) is 29.0 Å². The van der Waals surface area contributed by atoms with Gasteiger partial charge in [-0.15, -0.1) is 0 Å². The van der Waals surface area contributed by atoms with Gasteiger partial charge in [0.15, 0.2) is 0 Å². The molecule has 5 nitrogen and oxygen atoms in total. The lowest BCUT2D eigenvalue weighted by Crippen LogP contribution is -2.09. The standard InChI is InChI=1S/C19H18F2N4O/c1-12(2)26-18-11-17(22-15-7-3-13(20)4-8-15)24-19(25-18)23-16-9-5-14(21)6-10-16/h3-12H,1-2H3,(H2,22,23,24,25). The maximum Gasteiger partial charge on any atom is 0.232 e. The highest BCUT2D eigenvalue weighted by atomic mass is 19.1. The summed E-state index contributed by atoms with van der Waals surface area (Å²) < 4.78 is 31.8. The predicted octanol–water partition coefficient (Wildman–Crippen LogP) is 5.03. The van der Waals surface area contributed by atoms with Crippen LogP contribution in [0.15, 0.2) is 54.6 Å². The van der Waals surface area contributed by atoms with E-state index in [4.69, 9.17) is 4.74 Å². The summed E-state index contributed by atoms with van der Waals surface area (Å²) in [6, 6.07) is 13.4. The van der Waals surface area contributed by atoms with Crippen LogP contribution in [0.4, 0.5) is 31.9 Å². The van der Waals surface area contributed by atoms with Crippen molar-refractivity contribution in [1.82, 2.24) is 9.97 Å². The smallest absolute Gasteiger partial charge is 0.232 e. The first kappa shape index (κ1) is 17.6. The molecule has 26 heavy (non-hydrogen) atoms. The normalized spacial score (nSPS) is 10.7. The van der Waals surface area contributed by atoms with Crippen LogP contribution in [0.3, 0.4) is 0 Å². The summed E-state index contributed by atoms with van der Waals surface area (Å²) in [4.78, 5) is 8.68. The van der Waals surface area contributed by atoms with Gasteiger partial charge in [-0.25, -0.2) is 8.78 Å². The lowest BCUT2D eigenvalue weighted by molar-refractivity contribution is 0.233. The molecule has 0 aliphatic rings. The van der Waals surface area contributed by atoms with Crippen molar-refractivity contribution in [3.8, 4) is 5.88 Å². The predicted molar refractivity (Wildman–Crippen MR) is 97.2 cm³/mol. The Balaban J connectivity index is 1.87. The fraction of sp³-hybridized carbons (Fsp3) is 0.158. The Kier molecular flexibility index (Phi) is 5.26. The second kappa shape index (κ2) is 7.77. The minimum atomic E-state index is -0.327. The molecule has 0 amide bonds. The molecule has 1 heterocycles. The van der Waals surface area contributed by atoms with E-state index in [9.17, 15) is 8.78 Å².